The van der Waals surface area contributed by atoms with Crippen LogP contribution in [0.5, 0.6) is 5.75 Å². The van der Waals surface area contributed by atoms with E-state index in [1.807, 2.05) is 0 Å². The minimum absolute atomic E-state index is 0.163. The van der Waals surface area contributed by atoms with Crippen LogP contribution in [0.2, 0.25) is 0 Å². The lowest BCUT2D eigenvalue weighted by atomic mass is 9.92. The fourth-order valence-electron chi connectivity index (χ4n) is 4.08. The number of amides is 1. The molecule has 0 atom stereocenters. The summed E-state index contributed by atoms with van der Waals surface area (Å²) in [5.74, 6) is 0.0173. The zero-order valence-electron chi connectivity index (χ0n) is 19.7. The molecule has 2 rings (SSSR count). The summed E-state index contributed by atoms with van der Waals surface area (Å²) in [7, 11) is 3.99. The molecule has 0 unspecified atom stereocenters. The van der Waals surface area contributed by atoms with Gasteiger partial charge in [0.2, 0.25) is 0 Å². The van der Waals surface area contributed by atoms with Crippen LogP contribution in [0.25, 0.3) is 0 Å². The van der Waals surface area contributed by atoms with Crippen LogP contribution < -0.4 is 4.74 Å². The van der Waals surface area contributed by atoms with Gasteiger partial charge in [0.15, 0.2) is 0 Å². The molecule has 0 N–H and O–H groups in total. The zero-order chi connectivity index (χ0) is 22.5. The molecule has 1 aromatic rings. The summed E-state index contributed by atoms with van der Waals surface area (Å²) in [5.41, 5.74) is 0. The van der Waals surface area contributed by atoms with E-state index in [9.17, 15) is 9.18 Å². The summed E-state index contributed by atoms with van der Waals surface area (Å²) < 4.78 is 24.4. The van der Waals surface area contributed by atoms with Gasteiger partial charge in [-0.05, 0) is 95.8 Å². The lowest BCUT2D eigenvalue weighted by Crippen LogP contribution is -2.42. The number of hydrogen-bond acceptors (Lipinski definition) is 4. The van der Waals surface area contributed by atoms with Crippen LogP contribution in [0.4, 0.5) is 9.18 Å². The van der Waals surface area contributed by atoms with Gasteiger partial charge in [-0.25, -0.2) is 9.18 Å². The van der Waals surface area contributed by atoms with Crippen LogP contribution in [0.1, 0.15) is 71.1 Å². The predicted octanol–water partition coefficient (Wildman–Crippen LogP) is 5.88. The van der Waals surface area contributed by atoms with E-state index in [2.05, 4.69) is 18.9 Å². The first-order valence-electron chi connectivity index (χ1n) is 12.0. The Morgan fingerprint density at radius 1 is 0.968 bits per heavy atom. The lowest BCUT2D eigenvalue weighted by Gasteiger charge is -2.34. The molecular formula is C25H41FN2O3. The minimum Gasteiger partial charge on any atom is -0.410 e. The first kappa shape index (κ1) is 25.6. The van der Waals surface area contributed by atoms with E-state index in [0.29, 0.717) is 11.9 Å². The Morgan fingerprint density at radius 3 is 2.26 bits per heavy atom. The van der Waals surface area contributed by atoms with Gasteiger partial charge in [0.25, 0.3) is 0 Å². The fourth-order valence-corrected chi connectivity index (χ4v) is 4.08. The standard InChI is InChI=1S/C25H41FN2O3/c1-4-5-7-18-27(2)19-8-6-9-20-30-23-16-12-22(13-17-23)28(3)25(29)31-24-14-10-21(26)11-15-24/h10-11,14-15,22-23H,4-9,12-13,16-20H2,1-3H3/t22-,23-. The van der Waals surface area contributed by atoms with Crippen molar-refractivity contribution in [1.82, 2.24) is 9.80 Å². The summed E-state index contributed by atoms with van der Waals surface area (Å²) in [6.07, 6.45) is 11.2. The first-order valence-corrected chi connectivity index (χ1v) is 12.0. The average molecular weight is 437 g/mol. The lowest BCUT2D eigenvalue weighted by molar-refractivity contribution is 0.0104. The van der Waals surface area contributed by atoms with Gasteiger partial charge in [0.05, 0.1) is 6.10 Å². The van der Waals surface area contributed by atoms with Gasteiger partial charge in [-0.2, -0.15) is 0 Å². The van der Waals surface area contributed by atoms with Crippen LogP contribution in [0.3, 0.4) is 0 Å². The maximum Gasteiger partial charge on any atom is 0.415 e. The Labute approximate surface area is 187 Å². The second-order valence-electron chi connectivity index (χ2n) is 8.81. The number of halogens is 1. The smallest absolute Gasteiger partial charge is 0.410 e. The Bertz CT molecular complexity index is 618. The Balaban J connectivity index is 1.53. The largest absolute Gasteiger partial charge is 0.415 e. The van der Waals surface area contributed by atoms with Gasteiger partial charge >= 0.3 is 6.09 Å². The van der Waals surface area contributed by atoms with Gasteiger partial charge in [-0.1, -0.05) is 19.8 Å². The van der Waals surface area contributed by atoms with E-state index in [1.54, 1.807) is 11.9 Å². The highest BCUT2D eigenvalue weighted by atomic mass is 19.1. The van der Waals surface area contributed by atoms with Crippen molar-refractivity contribution in [2.45, 2.75) is 83.3 Å². The van der Waals surface area contributed by atoms with Crippen molar-refractivity contribution in [3.05, 3.63) is 30.1 Å². The molecular weight excluding hydrogens is 395 g/mol. The Hall–Kier alpha value is -1.66. The minimum atomic E-state index is -0.393. The molecule has 176 valence electrons. The monoisotopic (exact) mass is 436 g/mol. The average Bonchev–Trinajstić information content (AvgIpc) is 2.77. The van der Waals surface area contributed by atoms with E-state index in [1.165, 1.54) is 69.5 Å². The van der Waals surface area contributed by atoms with Gasteiger partial charge in [-0.3, -0.25) is 0 Å². The van der Waals surface area contributed by atoms with Crippen molar-refractivity contribution < 1.29 is 18.7 Å². The molecule has 1 aliphatic carbocycles. The topological polar surface area (TPSA) is 42.0 Å². The third-order valence-corrected chi connectivity index (χ3v) is 6.18. The molecule has 0 bridgehead atoms. The maximum absolute atomic E-state index is 13.0. The Morgan fingerprint density at radius 2 is 1.61 bits per heavy atom. The molecule has 5 nitrogen and oxygen atoms in total. The molecule has 0 radical (unpaired) electrons. The third kappa shape index (κ3) is 10.0. The molecule has 0 aromatic heterocycles. The molecule has 6 heteroatoms. The summed E-state index contributed by atoms with van der Waals surface area (Å²) in [5, 5.41) is 0. The number of carbonyl (C=O) groups excluding carboxylic acids is 1. The zero-order valence-corrected chi connectivity index (χ0v) is 19.7. The van der Waals surface area contributed by atoms with E-state index in [0.717, 1.165) is 38.7 Å². The number of hydrogen-bond donors (Lipinski definition) is 0. The van der Waals surface area contributed by atoms with Gasteiger partial charge in [0, 0.05) is 19.7 Å². The van der Waals surface area contributed by atoms with E-state index in [4.69, 9.17) is 9.47 Å². The molecule has 0 saturated heterocycles. The summed E-state index contributed by atoms with van der Waals surface area (Å²) in [6.45, 7) is 5.46. The summed E-state index contributed by atoms with van der Waals surface area (Å²) in [6, 6.07) is 5.68. The molecule has 1 aromatic carbocycles. The molecule has 0 aliphatic heterocycles. The van der Waals surface area contributed by atoms with Gasteiger partial charge in [0.1, 0.15) is 11.6 Å². The van der Waals surface area contributed by atoms with E-state index >= 15 is 0 Å². The Kier molecular flexibility index (Phi) is 11.9. The van der Waals surface area contributed by atoms with E-state index < -0.39 is 6.09 Å². The summed E-state index contributed by atoms with van der Waals surface area (Å²) >= 11 is 0. The molecule has 0 heterocycles. The van der Waals surface area contributed by atoms with Crippen molar-refractivity contribution in [2.75, 3.05) is 33.8 Å². The van der Waals surface area contributed by atoms with Crippen LogP contribution in [-0.4, -0.2) is 61.8 Å². The molecule has 1 amide bonds. The highest BCUT2D eigenvalue weighted by molar-refractivity contribution is 5.70. The van der Waals surface area contributed by atoms with Crippen molar-refractivity contribution in [3.8, 4) is 5.75 Å². The summed E-state index contributed by atoms with van der Waals surface area (Å²) in [4.78, 5) is 16.5. The van der Waals surface area contributed by atoms with Crippen molar-refractivity contribution in [2.24, 2.45) is 0 Å². The number of unbranched alkanes of at least 4 members (excludes halogenated alkanes) is 4. The van der Waals surface area contributed by atoms with Crippen LogP contribution in [0, 0.1) is 5.82 Å². The van der Waals surface area contributed by atoms with Crippen LogP contribution in [0.15, 0.2) is 24.3 Å². The maximum atomic E-state index is 13.0. The van der Waals surface area contributed by atoms with E-state index in [-0.39, 0.29) is 11.9 Å². The molecule has 1 saturated carbocycles. The first-order chi connectivity index (χ1) is 15.0. The second kappa shape index (κ2) is 14.4. The number of benzene rings is 1. The highest BCUT2D eigenvalue weighted by Gasteiger charge is 2.27. The van der Waals surface area contributed by atoms with Crippen molar-refractivity contribution in [1.29, 1.82) is 0 Å². The van der Waals surface area contributed by atoms with Gasteiger partial charge < -0.3 is 19.3 Å². The number of nitrogens with zero attached hydrogens (tertiary/aromatic N) is 2. The molecule has 1 aliphatic rings. The van der Waals surface area contributed by atoms with Gasteiger partial charge in [-0.15, -0.1) is 0 Å². The quantitative estimate of drug-likeness (QED) is 0.362. The third-order valence-electron chi connectivity index (χ3n) is 6.18. The normalized spacial score (nSPS) is 18.9. The molecule has 31 heavy (non-hydrogen) atoms. The number of carbonyl (C=O) groups is 1. The van der Waals surface area contributed by atoms with Crippen molar-refractivity contribution in [3.63, 3.8) is 0 Å². The molecule has 0 spiro atoms. The van der Waals surface area contributed by atoms with Crippen LogP contribution in [-0.2, 0) is 4.74 Å². The fraction of sp³-hybridized carbons (Fsp3) is 0.720. The second-order valence-corrected chi connectivity index (χ2v) is 8.81. The SMILES string of the molecule is CCCCCN(C)CCCCCO[C@H]1CC[C@H](N(C)C(=O)Oc2ccc(F)cc2)CC1. The highest BCUT2D eigenvalue weighted by Crippen LogP contribution is 2.25. The van der Waals surface area contributed by atoms with Crippen LogP contribution >= 0.6 is 0 Å². The number of rotatable bonds is 13. The predicted molar refractivity (Wildman–Crippen MR) is 123 cm³/mol. The number of ether oxygens (including phenoxy) is 2. The molecule has 1 fully saturated rings. The van der Waals surface area contributed by atoms with Crippen molar-refractivity contribution >= 4 is 6.09 Å².